The molecule has 88 valence electrons. The molecule has 0 aromatic heterocycles. The van der Waals surface area contributed by atoms with E-state index < -0.39 is 8.07 Å². The van der Waals surface area contributed by atoms with Gasteiger partial charge in [0.05, 0.1) is 8.07 Å². The summed E-state index contributed by atoms with van der Waals surface area (Å²) in [6.45, 7) is 11.7. The number of carbonyl (C=O) groups excluding carboxylic acids is 1. The van der Waals surface area contributed by atoms with Crippen LogP contribution in [0.3, 0.4) is 0 Å². The highest BCUT2D eigenvalue weighted by Crippen LogP contribution is 2.42. The molecular weight excluding hydrogens is 204 g/mol. The Kier molecular flexibility index (Phi) is 3.77. The van der Waals surface area contributed by atoms with Gasteiger partial charge in [0.15, 0.2) is 0 Å². The summed E-state index contributed by atoms with van der Waals surface area (Å²) in [7, 11) is -1.44. The molecule has 0 aromatic rings. The summed E-state index contributed by atoms with van der Waals surface area (Å²) in [5.41, 5.74) is 0.349. The molecule has 0 aromatic carbocycles. The lowest BCUT2D eigenvalue weighted by Gasteiger charge is -2.45. The van der Waals surface area contributed by atoms with Gasteiger partial charge in [-0.1, -0.05) is 33.9 Å². The highest BCUT2D eigenvalue weighted by Gasteiger charge is 2.44. The summed E-state index contributed by atoms with van der Waals surface area (Å²) >= 11 is 0. The van der Waals surface area contributed by atoms with Crippen molar-refractivity contribution in [1.82, 2.24) is 0 Å². The second-order valence-corrected chi connectivity index (χ2v) is 11.8. The molecule has 3 heteroatoms. The van der Waals surface area contributed by atoms with Gasteiger partial charge in [-0.25, -0.2) is 0 Å². The Labute approximate surface area is 94.4 Å². The van der Waals surface area contributed by atoms with E-state index in [1.54, 1.807) is 0 Å². The van der Waals surface area contributed by atoms with Gasteiger partial charge in [0.1, 0.15) is 12.4 Å². The average molecular weight is 228 g/mol. The zero-order valence-electron chi connectivity index (χ0n) is 10.7. The van der Waals surface area contributed by atoms with E-state index in [0.29, 0.717) is 10.8 Å². The van der Waals surface area contributed by atoms with Crippen molar-refractivity contribution in [3.8, 4) is 0 Å². The summed E-state index contributed by atoms with van der Waals surface area (Å²) in [6, 6.07) is 0. The van der Waals surface area contributed by atoms with E-state index >= 15 is 0 Å². The van der Waals surface area contributed by atoms with Crippen LogP contribution >= 0.6 is 0 Å². The molecule has 2 atom stereocenters. The van der Waals surface area contributed by atoms with Crippen LogP contribution in [0.4, 0.5) is 0 Å². The molecule has 0 radical (unpaired) electrons. The Morgan fingerprint density at radius 2 is 1.87 bits per heavy atom. The van der Waals surface area contributed by atoms with E-state index in [2.05, 4.69) is 33.9 Å². The van der Waals surface area contributed by atoms with Crippen LogP contribution in [0.15, 0.2) is 0 Å². The monoisotopic (exact) mass is 228 g/mol. The second-order valence-electron chi connectivity index (χ2n) is 6.20. The largest absolute Gasteiger partial charge is 0.371 e. The molecule has 1 saturated heterocycles. The van der Waals surface area contributed by atoms with Crippen LogP contribution in [0, 0.1) is 0 Å². The summed E-state index contributed by atoms with van der Waals surface area (Å²) in [4.78, 5) is 10.8. The van der Waals surface area contributed by atoms with Crippen molar-refractivity contribution in [2.24, 2.45) is 0 Å². The lowest BCUT2D eigenvalue weighted by molar-refractivity contribution is -0.122. The minimum atomic E-state index is -1.44. The van der Waals surface area contributed by atoms with Crippen molar-refractivity contribution >= 4 is 14.4 Å². The van der Waals surface area contributed by atoms with Gasteiger partial charge < -0.3 is 9.53 Å². The fourth-order valence-electron chi connectivity index (χ4n) is 1.97. The van der Waals surface area contributed by atoms with Crippen LogP contribution in [0.25, 0.3) is 0 Å². The van der Waals surface area contributed by atoms with Crippen molar-refractivity contribution in [2.75, 3.05) is 0 Å². The molecule has 1 aliphatic heterocycles. The highest BCUT2D eigenvalue weighted by molar-refractivity contribution is 6.81. The first-order valence-corrected chi connectivity index (χ1v) is 8.97. The minimum Gasteiger partial charge on any atom is -0.371 e. The maximum atomic E-state index is 10.8. The van der Waals surface area contributed by atoms with Gasteiger partial charge in [0.2, 0.25) is 0 Å². The van der Waals surface area contributed by atoms with Crippen LogP contribution in [0.1, 0.15) is 40.0 Å². The number of aldehydes is 1. The first-order chi connectivity index (χ1) is 6.79. The van der Waals surface area contributed by atoms with Crippen LogP contribution in [0.2, 0.25) is 18.1 Å². The molecule has 1 heterocycles. The van der Waals surface area contributed by atoms with Gasteiger partial charge in [0.25, 0.3) is 0 Å². The van der Waals surface area contributed by atoms with Gasteiger partial charge in [0, 0.05) is 5.73 Å². The Hall–Kier alpha value is -0.153. The van der Waals surface area contributed by atoms with E-state index in [4.69, 9.17) is 4.74 Å². The van der Waals surface area contributed by atoms with Crippen LogP contribution in [-0.4, -0.2) is 26.2 Å². The predicted octanol–water partition coefficient (Wildman–Crippen LogP) is 3.17. The van der Waals surface area contributed by atoms with Crippen molar-refractivity contribution in [2.45, 2.75) is 70.0 Å². The third-order valence-electron chi connectivity index (χ3n) is 4.18. The smallest absolute Gasteiger partial charge is 0.148 e. The minimum absolute atomic E-state index is 0.141. The van der Waals surface area contributed by atoms with Gasteiger partial charge in [-0.15, -0.1) is 0 Å². The predicted molar refractivity (Wildman–Crippen MR) is 65.8 cm³/mol. The fourth-order valence-corrected chi connectivity index (χ4v) is 4.37. The molecule has 0 saturated carbocycles. The molecule has 15 heavy (non-hydrogen) atoms. The molecule has 0 N–H and O–H groups in total. The Morgan fingerprint density at radius 3 is 2.33 bits per heavy atom. The lowest BCUT2D eigenvalue weighted by atomic mass is 10.1. The lowest BCUT2D eigenvalue weighted by Crippen LogP contribution is -2.53. The van der Waals surface area contributed by atoms with Gasteiger partial charge in [-0.05, 0) is 24.3 Å². The normalized spacial score (nSPS) is 28.9. The van der Waals surface area contributed by atoms with Gasteiger partial charge >= 0.3 is 0 Å². The van der Waals surface area contributed by atoms with Crippen molar-refractivity contribution < 1.29 is 9.53 Å². The molecule has 0 amide bonds. The number of rotatable bonds is 2. The molecule has 0 bridgehead atoms. The molecule has 0 aliphatic carbocycles. The van der Waals surface area contributed by atoms with Crippen LogP contribution < -0.4 is 0 Å². The van der Waals surface area contributed by atoms with Crippen LogP contribution in [-0.2, 0) is 9.53 Å². The molecule has 2 nitrogen and oxygen atoms in total. The SMILES string of the molecule is CC(C)(C)[Si](C)(C)C1CCCC(C=O)O1. The Morgan fingerprint density at radius 1 is 1.27 bits per heavy atom. The molecule has 1 fully saturated rings. The van der Waals surface area contributed by atoms with E-state index in [1.165, 1.54) is 0 Å². The summed E-state index contributed by atoms with van der Waals surface area (Å²) in [5.74, 6) is 0. The summed E-state index contributed by atoms with van der Waals surface area (Å²) in [5, 5.41) is 0.336. The van der Waals surface area contributed by atoms with E-state index in [-0.39, 0.29) is 6.10 Å². The zero-order chi connectivity index (χ0) is 11.7. The second kappa shape index (κ2) is 4.38. The first-order valence-electron chi connectivity index (χ1n) is 5.90. The first kappa shape index (κ1) is 12.9. The van der Waals surface area contributed by atoms with Crippen molar-refractivity contribution in [1.29, 1.82) is 0 Å². The quantitative estimate of drug-likeness (QED) is 0.536. The molecule has 1 aliphatic rings. The number of carbonyl (C=O) groups is 1. The Balaban J connectivity index is 2.74. The van der Waals surface area contributed by atoms with Crippen molar-refractivity contribution in [3.63, 3.8) is 0 Å². The number of ether oxygens (including phenoxy) is 1. The van der Waals surface area contributed by atoms with E-state index in [1.807, 2.05) is 0 Å². The van der Waals surface area contributed by atoms with E-state index in [0.717, 1.165) is 25.5 Å². The van der Waals surface area contributed by atoms with E-state index in [9.17, 15) is 4.79 Å². The van der Waals surface area contributed by atoms with Crippen molar-refractivity contribution in [3.05, 3.63) is 0 Å². The number of hydrogen-bond acceptors (Lipinski definition) is 2. The average Bonchev–Trinajstić information content (AvgIpc) is 2.16. The molecule has 2 unspecified atom stereocenters. The van der Waals surface area contributed by atoms with Crippen LogP contribution in [0.5, 0.6) is 0 Å². The Bertz CT molecular complexity index is 230. The number of hydrogen-bond donors (Lipinski definition) is 0. The summed E-state index contributed by atoms with van der Waals surface area (Å²) < 4.78 is 5.92. The topological polar surface area (TPSA) is 26.3 Å². The molecule has 1 rings (SSSR count). The molecule has 0 spiro atoms. The van der Waals surface area contributed by atoms with Gasteiger partial charge in [-0.2, -0.15) is 0 Å². The fraction of sp³-hybridized carbons (Fsp3) is 0.917. The zero-order valence-corrected chi connectivity index (χ0v) is 11.7. The third kappa shape index (κ3) is 2.70. The highest BCUT2D eigenvalue weighted by atomic mass is 28.3. The third-order valence-corrected chi connectivity index (χ3v) is 10.1. The molecular formula is C12H24O2Si. The summed E-state index contributed by atoms with van der Waals surface area (Å²) in [6.07, 6.45) is 4.02. The standard InChI is InChI=1S/C12H24O2Si/c1-12(2,3)15(4,5)11-8-6-7-10(9-13)14-11/h9-11H,6-8H2,1-5H3. The maximum absolute atomic E-state index is 10.8. The van der Waals surface area contributed by atoms with Gasteiger partial charge in [-0.3, -0.25) is 0 Å². The maximum Gasteiger partial charge on any atom is 0.148 e.